The van der Waals surface area contributed by atoms with Gasteiger partial charge in [0, 0.05) is 18.8 Å². The van der Waals surface area contributed by atoms with Crippen LogP contribution in [0, 0.1) is 6.92 Å². The van der Waals surface area contributed by atoms with Crippen LogP contribution in [0.3, 0.4) is 0 Å². The highest BCUT2D eigenvalue weighted by Crippen LogP contribution is 1.93. The summed E-state index contributed by atoms with van der Waals surface area (Å²) in [4.78, 5) is 26.6. The monoisotopic (exact) mass is 229 g/mol. The lowest BCUT2D eigenvalue weighted by molar-refractivity contribution is -0.139. The number of aliphatic carboxylic acids is 2. The van der Waals surface area contributed by atoms with E-state index in [0.717, 1.165) is 5.82 Å². The van der Waals surface area contributed by atoms with E-state index in [1.165, 1.54) is 0 Å². The Hall–Kier alpha value is -1.89. The first-order chi connectivity index (χ1) is 7.43. The van der Waals surface area contributed by atoms with E-state index >= 15 is 0 Å². The van der Waals surface area contributed by atoms with Gasteiger partial charge in [0.2, 0.25) is 0 Å². The molecule has 0 aromatic carbocycles. The maximum atomic E-state index is 9.99. The molecule has 0 radical (unpaired) electrons. The summed E-state index contributed by atoms with van der Waals surface area (Å²) in [5, 5.41) is 16.3. The fourth-order valence-corrected chi connectivity index (χ4v) is 0.747. The Morgan fingerprint density at radius 2 is 2.19 bits per heavy atom. The van der Waals surface area contributed by atoms with Gasteiger partial charge in [-0.25, -0.2) is 4.98 Å². The van der Waals surface area contributed by atoms with Crippen molar-refractivity contribution in [3.8, 4) is 0 Å². The lowest BCUT2D eigenvalue weighted by Gasteiger charge is -2.01. The molecule has 1 atom stereocenters. The van der Waals surface area contributed by atoms with Crippen molar-refractivity contribution >= 4 is 11.9 Å². The van der Waals surface area contributed by atoms with E-state index in [4.69, 9.17) is 15.9 Å². The highest BCUT2D eigenvalue weighted by Gasteiger charge is 2.12. The Bertz CT molecular complexity index is 324. The van der Waals surface area contributed by atoms with Crippen LogP contribution in [-0.2, 0) is 9.59 Å². The number of hydrogen-bond acceptors (Lipinski definition) is 4. The van der Waals surface area contributed by atoms with Crippen LogP contribution in [-0.4, -0.2) is 38.2 Å². The average Bonchev–Trinajstić information content (AvgIpc) is 2.66. The summed E-state index contributed by atoms with van der Waals surface area (Å²) in [5.41, 5.74) is 5.00. The molecule has 1 aromatic rings. The number of nitrogens with two attached hydrogens (primary N) is 1. The Balaban J connectivity index is 0.000000315. The molecule has 7 nitrogen and oxygen atoms in total. The van der Waals surface area contributed by atoms with E-state index in [9.17, 15) is 9.59 Å². The fraction of sp³-hybridized carbons (Fsp3) is 0.444. The number of carbonyl (C=O) groups is 2. The largest absolute Gasteiger partial charge is 0.481 e. The standard InChI is InChI=1S/C5H9NO4.C4H6N2/c6-3(5(9)10)1-2-4(7)8;1-4-5-2-3-6-4/h3H,1-2,6H2,(H,7,8)(H,9,10);2-3H,1H3,(H,5,6). The summed E-state index contributed by atoms with van der Waals surface area (Å²) in [6, 6.07) is -1.06. The number of aromatic amines is 1. The number of aryl methyl sites for hydroxylation is 1. The van der Waals surface area contributed by atoms with Crippen molar-refractivity contribution in [3.63, 3.8) is 0 Å². The third-order valence-electron chi connectivity index (χ3n) is 1.62. The predicted octanol–water partition coefficient (Wildman–Crippen LogP) is -0.0188. The third kappa shape index (κ3) is 7.51. The molecule has 1 rings (SSSR count). The Kier molecular flexibility index (Phi) is 6.53. The van der Waals surface area contributed by atoms with E-state index in [0.29, 0.717) is 0 Å². The minimum absolute atomic E-state index is 0.0231. The minimum atomic E-state index is -1.17. The van der Waals surface area contributed by atoms with Gasteiger partial charge in [0.15, 0.2) is 0 Å². The second-order valence-electron chi connectivity index (χ2n) is 3.05. The van der Waals surface area contributed by atoms with Crippen molar-refractivity contribution in [2.45, 2.75) is 25.8 Å². The van der Waals surface area contributed by atoms with E-state index < -0.39 is 18.0 Å². The fourth-order valence-electron chi connectivity index (χ4n) is 0.747. The molecule has 0 amide bonds. The van der Waals surface area contributed by atoms with E-state index in [-0.39, 0.29) is 12.8 Å². The molecular formula is C9H15N3O4. The smallest absolute Gasteiger partial charge is 0.320 e. The van der Waals surface area contributed by atoms with Gasteiger partial charge in [-0.15, -0.1) is 0 Å². The lowest BCUT2D eigenvalue weighted by Crippen LogP contribution is -2.30. The Morgan fingerprint density at radius 1 is 1.56 bits per heavy atom. The second kappa shape index (κ2) is 7.41. The number of nitrogens with one attached hydrogen (secondary N) is 1. The van der Waals surface area contributed by atoms with Gasteiger partial charge in [0.05, 0.1) is 0 Å². The van der Waals surface area contributed by atoms with E-state index in [1.54, 1.807) is 12.4 Å². The van der Waals surface area contributed by atoms with E-state index in [1.807, 2.05) is 6.92 Å². The SMILES string of the molecule is Cc1ncc[nH]1.NC(CCC(=O)O)C(=O)O. The van der Waals surface area contributed by atoms with Crippen molar-refractivity contribution in [1.29, 1.82) is 0 Å². The summed E-state index contributed by atoms with van der Waals surface area (Å²) in [5.74, 6) is -1.23. The normalized spacial score (nSPS) is 11.1. The number of H-pyrrole nitrogens is 1. The van der Waals surface area contributed by atoms with Crippen LogP contribution < -0.4 is 5.73 Å². The van der Waals surface area contributed by atoms with Crippen molar-refractivity contribution in [3.05, 3.63) is 18.2 Å². The predicted molar refractivity (Wildman–Crippen MR) is 55.8 cm³/mol. The number of imidazole rings is 1. The molecule has 0 saturated heterocycles. The van der Waals surface area contributed by atoms with Gasteiger partial charge in [-0.3, -0.25) is 9.59 Å². The molecule has 1 heterocycles. The van der Waals surface area contributed by atoms with Gasteiger partial charge in [-0.05, 0) is 13.3 Å². The molecular weight excluding hydrogens is 214 g/mol. The number of aromatic nitrogens is 2. The van der Waals surface area contributed by atoms with Crippen LogP contribution in [0.25, 0.3) is 0 Å². The zero-order chi connectivity index (χ0) is 12.6. The van der Waals surface area contributed by atoms with Crippen molar-refractivity contribution < 1.29 is 19.8 Å². The van der Waals surface area contributed by atoms with Crippen molar-refractivity contribution in [2.75, 3.05) is 0 Å². The first kappa shape index (κ1) is 14.1. The van der Waals surface area contributed by atoms with Gasteiger partial charge in [0.1, 0.15) is 11.9 Å². The summed E-state index contributed by atoms with van der Waals surface area (Å²) < 4.78 is 0. The lowest BCUT2D eigenvalue weighted by atomic mass is 10.2. The van der Waals surface area contributed by atoms with Crippen LogP contribution >= 0.6 is 0 Å². The van der Waals surface area contributed by atoms with Gasteiger partial charge in [-0.2, -0.15) is 0 Å². The molecule has 1 unspecified atom stereocenters. The number of carboxylic acid groups (broad SMARTS) is 2. The molecule has 90 valence electrons. The van der Waals surface area contributed by atoms with Crippen LogP contribution in [0.5, 0.6) is 0 Å². The Labute approximate surface area is 92.3 Å². The zero-order valence-electron chi connectivity index (χ0n) is 8.88. The Morgan fingerprint density at radius 3 is 2.44 bits per heavy atom. The average molecular weight is 229 g/mol. The molecule has 0 spiro atoms. The van der Waals surface area contributed by atoms with Crippen molar-refractivity contribution in [2.24, 2.45) is 5.73 Å². The van der Waals surface area contributed by atoms with Gasteiger partial charge < -0.3 is 20.9 Å². The van der Waals surface area contributed by atoms with E-state index in [2.05, 4.69) is 9.97 Å². The van der Waals surface area contributed by atoms with Crippen LogP contribution in [0.2, 0.25) is 0 Å². The number of carboxylic acids is 2. The highest BCUT2D eigenvalue weighted by atomic mass is 16.4. The summed E-state index contributed by atoms with van der Waals surface area (Å²) in [7, 11) is 0. The van der Waals surface area contributed by atoms with Crippen LogP contribution in [0.4, 0.5) is 0 Å². The first-order valence-corrected chi connectivity index (χ1v) is 4.59. The zero-order valence-corrected chi connectivity index (χ0v) is 8.88. The maximum absolute atomic E-state index is 9.99. The molecule has 1 aromatic heterocycles. The molecule has 0 fully saturated rings. The molecule has 0 aliphatic carbocycles. The molecule has 0 bridgehead atoms. The van der Waals surface area contributed by atoms with Gasteiger partial charge in [-0.1, -0.05) is 0 Å². The second-order valence-corrected chi connectivity index (χ2v) is 3.05. The van der Waals surface area contributed by atoms with Gasteiger partial charge in [0.25, 0.3) is 0 Å². The van der Waals surface area contributed by atoms with Crippen LogP contribution in [0.15, 0.2) is 12.4 Å². The van der Waals surface area contributed by atoms with Gasteiger partial charge >= 0.3 is 11.9 Å². The molecule has 16 heavy (non-hydrogen) atoms. The topological polar surface area (TPSA) is 129 Å². The maximum Gasteiger partial charge on any atom is 0.320 e. The molecule has 5 N–H and O–H groups in total. The number of nitrogens with zero attached hydrogens (tertiary/aromatic N) is 1. The first-order valence-electron chi connectivity index (χ1n) is 4.59. The molecule has 0 aliphatic heterocycles. The third-order valence-corrected chi connectivity index (χ3v) is 1.62. The summed E-state index contributed by atoms with van der Waals surface area (Å²) in [6.45, 7) is 1.92. The highest BCUT2D eigenvalue weighted by molar-refractivity contribution is 5.74. The van der Waals surface area contributed by atoms with Crippen molar-refractivity contribution in [1.82, 2.24) is 9.97 Å². The summed E-state index contributed by atoms with van der Waals surface area (Å²) in [6.07, 6.45) is 3.31. The number of hydrogen-bond donors (Lipinski definition) is 4. The minimum Gasteiger partial charge on any atom is -0.481 e. The quantitative estimate of drug-likeness (QED) is 0.574. The molecule has 7 heteroatoms. The van der Waals surface area contributed by atoms with Crippen LogP contribution in [0.1, 0.15) is 18.7 Å². The number of rotatable bonds is 4. The summed E-state index contributed by atoms with van der Waals surface area (Å²) >= 11 is 0. The molecule has 0 saturated carbocycles. The molecule has 0 aliphatic rings.